The van der Waals surface area contributed by atoms with Gasteiger partial charge in [-0.2, -0.15) is 0 Å². The first-order valence-electron chi connectivity index (χ1n) is 4.38. The van der Waals surface area contributed by atoms with Gasteiger partial charge in [0, 0.05) is 19.8 Å². The van der Waals surface area contributed by atoms with Crippen LogP contribution in [0.4, 0.5) is 0 Å². The molecule has 0 fully saturated rings. The Morgan fingerprint density at radius 2 is 2.29 bits per heavy atom. The first kappa shape index (κ1) is 11.0. The van der Waals surface area contributed by atoms with Crippen LogP contribution in [-0.2, 0) is 11.8 Å². The smallest absolute Gasteiger partial charge is 0.350 e. The summed E-state index contributed by atoms with van der Waals surface area (Å²) < 4.78 is 6.82. The van der Waals surface area contributed by atoms with Crippen molar-refractivity contribution in [3.05, 3.63) is 15.4 Å². The van der Waals surface area contributed by atoms with Crippen LogP contribution < -0.4 is 4.80 Å². The quantitative estimate of drug-likeness (QED) is 0.692. The molecule has 0 amide bonds. The zero-order chi connectivity index (χ0) is 10.7. The molecule has 4 nitrogen and oxygen atoms in total. The normalized spacial score (nSPS) is 11.9. The molecule has 0 saturated carbocycles. The summed E-state index contributed by atoms with van der Waals surface area (Å²) >= 11 is 1.36. The molecule has 0 aliphatic rings. The van der Waals surface area contributed by atoms with Crippen LogP contribution in [0.25, 0.3) is 0 Å². The van der Waals surface area contributed by atoms with Crippen molar-refractivity contribution in [2.24, 2.45) is 12.0 Å². The van der Waals surface area contributed by atoms with Crippen LogP contribution in [0.3, 0.4) is 0 Å². The second-order valence-electron chi connectivity index (χ2n) is 2.80. The minimum atomic E-state index is -0.263. The molecule has 0 aliphatic heterocycles. The Bertz CT molecular complexity index is 403. The van der Waals surface area contributed by atoms with Gasteiger partial charge >= 0.3 is 5.97 Å². The lowest BCUT2D eigenvalue weighted by Gasteiger charge is -1.99. The molecule has 0 bridgehead atoms. The third kappa shape index (κ3) is 1.87. The molecule has 0 unspecified atom stereocenters. The van der Waals surface area contributed by atoms with Crippen LogP contribution in [0, 0.1) is 6.92 Å². The van der Waals surface area contributed by atoms with Crippen molar-refractivity contribution in [3.63, 3.8) is 0 Å². The highest BCUT2D eigenvalue weighted by Gasteiger charge is 2.15. The Hall–Kier alpha value is -1.10. The summed E-state index contributed by atoms with van der Waals surface area (Å²) in [6, 6.07) is 0. The Morgan fingerprint density at radius 3 is 2.71 bits per heavy atom. The maximum absolute atomic E-state index is 11.5. The van der Waals surface area contributed by atoms with Crippen molar-refractivity contribution in [1.29, 1.82) is 0 Å². The Morgan fingerprint density at radius 1 is 1.64 bits per heavy atom. The lowest BCUT2D eigenvalue weighted by molar-refractivity contribution is 0.0530. The standard InChI is InChI=1S/C9H14N2O2S/c1-5-13-8(12)7-6(2)11(4)9(10-3)14-7/h5H2,1-4H3. The Labute approximate surface area is 86.9 Å². The Balaban J connectivity index is 3.17. The first-order chi connectivity index (χ1) is 6.61. The topological polar surface area (TPSA) is 43.6 Å². The lowest BCUT2D eigenvalue weighted by Crippen LogP contribution is -2.11. The van der Waals surface area contributed by atoms with Gasteiger partial charge in [0.1, 0.15) is 4.88 Å². The van der Waals surface area contributed by atoms with E-state index in [2.05, 4.69) is 4.99 Å². The van der Waals surface area contributed by atoms with E-state index in [1.807, 2.05) is 18.5 Å². The highest BCUT2D eigenvalue weighted by molar-refractivity contribution is 7.11. The molecule has 1 rings (SSSR count). The van der Waals surface area contributed by atoms with Crippen LogP contribution in [0.1, 0.15) is 22.3 Å². The average molecular weight is 214 g/mol. The highest BCUT2D eigenvalue weighted by atomic mass is 32.1. The summed E-state index contributed by atoms with van der Waals surface area (Å²) in [5, 5.41) is 0. The van der Waals surface area contributed by atoms with Crippen molar-refractivity contribution in [2.75, 3.05) is 13.7 Å². The zero-order valence-electron chi connectivity index (χ0n) is 8.83. The monoisotopic (exact) mass is 214 g/mol. The molecule has 0 spiro atoms. The number of hydrogen-bond donors (Lipinski definition) is 0. The van der Waals surface area contributed by atoms with E-state index in [1.165, 1.54) is 11.3 Å². The number of carbonyl (C=O) groups excluding carboxylic acids is 1. The van der Waals surface area contributed by atoms with Gasteiger partial charge in [0.05, 0.1) is 6.61 Å². The molecule has 78 valence electrons. The molecule has 0 saturated heterocycles. The average Bonchev–Trinajstić information content (AvgIpc) is 2.44. The molecule has 5 heteroatoms. The zero-order valence-corrected chi connectivity index (χ0v) is 9.64. The van der Waals surface area contributed by atoms with Gasteiger partial charge in [-0.25, -0.2) is 4.79 Å². The van der Waals surface area contributed by atoms with E-state index in [-0.39, 0.29) is 5.97 Å². The first-order valence-corrected chi connectivity index (χ1v) is 5.19. The van der Waals surface area contributed by atoms with E-state index in [0.717, 1.165) is 10.5 Å². The van der Waals surface area contributed by atoms with Gasteiger partial charge in [-0.15, -0.1) is 0 Å². The molecular weight excluding hydrogens is 200 g/mol. The van der Waals surface area contributed by atoms with Gasteiger partial charge in [0.25, 0.3) is 0 Å². The number of thiazole rings is 1. The van der Waals surface area contributed by atoms with Crippen molar-refractivity contribution < 1.29 is 9.53 Å². The van der Waals surface area contributed by atoms with Crippen molar-refractivity contribution >= 4 is 17.3 Å². The molecule has 1 aromatic rings. The van der Waals surface area contributed by atoms with Crippen LogP contribution in [-0.4, -0.2) is 24.2 Å². The lowest BCUT2D eigenvalue weighted by atomic mass is 10.4. The van der Waals surface area contributed by atoms with Gasteiger partial charge in [-0.3, -0.25) is 4.99 Å². The fourth-order valence-corrected chi connectivity index (χ4v) is 2.09. The molecule has 0 aromatic carbocycles. The Kier molecular flexibility index (Phi) is 3.46. The maximum atomic E-state index is 11.5. The molecule has 1 heterocycles. The van der Waals surface area contributed by atoms with Gasteiger partial charge < -0.3 is 9.30 Å². The van der Waals surface area contributed by atoms with Gasteiger partial charge in [0.15, 0.2) is 4.80 Å². The number of esters is 1. The SMILES string of the molecule is CCOC(=O)c1sc(=NC)n(C)c1C. The number of hydrogen-bond acceptors (Lipinski definition) is 4. The maximum Gasteiger partial charge on any atom is 0.350 e. The summed E-state index contributed by atoms with van der Waals surface area (Å²) in [4.78, 5) is 17.0. The predicted octanol–water partition coefficient (Wildman–Crippen LogP) is 1.10. The second-order valence-corrected chi connectivity index (χ2v) is 3.78. The van der Waals surface area contributed by atoms with Crippen molar-refractivity contribution in [1.82, 2.24) is 4.57 Å². The summed E-state index contributed by atoms with van der Waals surface area (Å²) in [6.07, 6.45) is 0. The van der Waals surface area contributed by atoms with Gasteiger partial charge in [0.2, 0.25) is 0 Å². The highest BCUT2D eigenvalue weighted by Crippen LogP contribution is 2.11. The number of nitrogens with zero attached hydrogens (tertiary/aromatic N) is 2. The summed E-state index contributed by atoms with van der Waals surface area (Å²) in [5.74, 6) is -0.263. The molecule has 1 aromatic heterocycles. The van der Waals surface area contributed by atoms with Crippen LogP contribution in [0.2, 0.25) is 0 Å². The summed E-state index contributed by atoms with van der Waals surface area (Å²) in [6.45, 7) is 4.09. The largest absolute Gasteiger partial charge is 0.462 e. The number of aromatic nitrogens is 1. The van der Waals surface area contributed by atoms with Gasteiger partial charge in [-0.05, 0) is 13.8 Å². The third-order valence-corrected chi connectivity index (χ3v) is 3.27. The van der Waals surface area contributed by atoms with E-state index in [9.17, 15) is 4.79 Å². The van der Waals surface area contributed by atoms with Crippen LogP contribution in [0.5, 0.6) is 0 Å². The molecule has 0 radical (unpaired) electrons. The van der Waals surface area contributed by atoms with Crippen LogP contribution >= 0.6 is 11.3 Å². The molecule has 14 heavy (non-hydrogen) atoms. The minimum Gasteiger partial charge on any atom is -0.462 e. The van der Waals surface area contributed by atoms with Gasteiger partial charge in [-0.1, -0.05) is 11.3 Å². The summed E-state index contributed by atoms with van der Waals surface area (Å²) in [7, 11) is 3.59. The van der Waals surface area contributed by atoms with E-state index >= 15 is 0 Å². The fraction of sp³-hybridized carbons (Fsp3) is 0.556. The predicted molar refractivity (Wildman–Crippen MR) is 55.5 cm³/mol. The van der Waals surface area contributed by atoms with E-state index in [0.29, 0.717) is 11.5 Å². The molecule has 0 aliphatic carbocycles. The summed E-state index contributed by atoms with van der Waals surface area (Å²) in [5.41, 5.74) is 0.897. The van der Waals surface area contributed by atoms with E-state index in [1.54, 1.807) is 14.0 Å². The number of carbonyl (C=O) groups is 1. The minimum absolute atomic E-state index is 0.263. The molecule has 0 atom stereocenters. The van der Waals surface area contributed by atoms with E-state index in [4.69, 9.17) is 4.74 Å². The third-order valence-electron chi connectivity index (χ3n) is 1.96. The number of ether oxygens (including phenoxy) is 1. The van der Waals surface area contributed by atoms with Crippen molar-refractivity contribution in [3.8, 4) is 0 Å². The molecular formula is C9H14N2O2S. The van der Waals surface area contributed by atoms with Crippen LogP contribution in [0.15, 0.2) is 4.99 Å². The van der Waals surface area contributed by atoms with E-state index < -0.39 is 0 Å². The fourth-order valence-electron chi connectivity index (χ4n) is 1.11. The van der Waals surface area contributed by atoms with Crippen molar-refractivity contribution in [2.45, 2.75) is 13.8 Å². The molecule has 0 N–H and O–H groups in total. The number of rotatable bonds is 2. The second kappa shape index (κ2) is 4.41.